The Kier molecular flexibility index (Phi) is 24.3. The van der Waals surface area contributed by atoms with E-state index < -0.39 is 241 Å². The number of nitrogens with one attached hydrogen (secondary N) is 7. The number of nitrogens with zero attached hydrogens (tertiary/aromatic N) is 1. The van der Waals surface area contributed by atoms with E-state index in [1.54, 1.807) is 20.8 Å². The molecule has 32 nitrogen and oxygen atoms in total. The van der Waals surface area contributed by atoms with Crippen LogP contribution in [-0.4, -0.2) is 228 Å². The van der Waals surface area contributed by atoms with Gasteiger partial charge in [-0.2, -0.15) is 0 Å². The van der Waals surface area contributed by atoms with Crippen molar-refractivity contribution in [1.29, 1.82) is 0 Å². The quantitative estimate of drug-likeness (QED) is 0.0344. The summed E-state index contributed by atoms with van der Waals surface area (Å²) in [6, 6.07) is -7.73. The summed E-state index contributed by atoms with van der Waals surface area (Å²) in [6.07, 6.45) is -7.11. The van der Waals surface area contributed by atoms with Crippen LogP contribution >= 0.6 is 0 Å². The lowest BCUT2D eigenvalue weighted by atomic mass is 9.72. The van der Waals surface area contributed by atoms with Gasteiger partial charge in [-0.05, 0) is 56.9 Å². The third-order valence-electron chi connectivity index (χ3n) is 17.9. The van der Waals surface area contributed by atoms with Gasteiger partial charge in [0, 0.05) is 62.3 Å². The number of benzene rings is 2. The number of carbonyl (C=O) groups is 12. The van der Waals surface area contributed by atoms with E-state index in [9.17, 15) is 98.4 Å². The monoisotopic (exact) mass is 1340 g/mol. The number of carbonyl (C=O) groups excluding carboxylic acids is 12. The molecule has 2 aromatic carbocycles. The molecule has 2 aromatic rings. The van der Waals surface area contributed by atoms with Crippen molar-refractivity contribution in [3.8, 4) is 17.2 Å². The van der Waals surface area contributed by atoms with Crippen LogP contribution in [0.3, 0.4) is 0 Å². The van der Waals surface area contributed by atoms with Crippen molar-refractivity contribution in [2.45, 2.75) is 203 Å². The zero-order chi connectivity index (χ0) is 70.3. The first kappa shape index (κ1) is 74.2. The van der Waals surface area contributed by atoms with Crippen LogP contribution in [0.15, 0.2) is 18.2 Å². The maximum absolute atomic E-state index is 14.5. The van der Waals surface area contributed by atoms with Gasteiger partial charge in [0.25, 0.3) is 0 Å². The van der Waals surface area contributed by atoms with Gasteiger partial charge in [0.1, 0.15) is 77.9 Å². The number of β-amino-alcohol motifs (C(OH)–C–C–N with tert-alkyl or cyclic N) is 1. The minimum absolute atomic E-state index is 0.0230. The molecule has 32 heteroatoms. The Morgan fingerprint density at radius 1 is 0.768 bits per heavy atom. The van der Waals surface area contributed by atoms with Crippen LogP contribution in [0.25, 0.3) is 0 Å². The summed E-state index contributed by atoms with van der Waals surface area (Å²) >= 11 is 0. The summed E-state index contributed by atoms with van der Waals surface area (Å²) in [5.41, 5.74) is -0.154. The predicted molar refractivity (Wildman–Crippen MR) is 328 cm³/mol. The molecule has 3 fully saturated rings. The number of methoxy groups -OCH3 is 1. The molecule has 3 unspecified atom stereocenters. The van der Waals surface area contributed by atoms with E-state index in [2.05, 4.69) is 37.2 Å². The molecule has 17 N–H and O–H groups in total. The molecule has 9 amide bonds. The molecule has 95 heavy (non-hydrogen) atoms. The number of rotatable bonds is 26. The molecule has 1 saturated carbocycles. The van der Waals surface area contributed by atoms with Crippen LogP contribution in [0.5, 0.6) is 17.2 Å². The van der Waals surface area contributed by atoms with E-state index in [0.29, 0.717) is 25.7 Å². The molecule has 3 aliphatic carbocycles. The number of hydrogen-bond acceptors (Lipinski definition) is 23. The largest absolute Gasteiger partial charge is 0.507 e. The number of primary amides is 1. The Hall–Kier alpha value is -8.24. The SMILES string of the molecule is COc1cccc2c1C(=O)c1c(O)c3c(c(O)c1C2=O)C[C@@](O)(C(=O)CO)CC3O[C@@H]1C[C@@H](NC(=O)C(CC(C)(C)C)NC(=O)[C@H](CO)NC(=O)[C@H](CCC(N)=O)NC(=O)C(NC(=O)[C@H](CO)NC(=O)[C@H](C)NC(=O)[C@@H]2C[C@H](O)CN2C(C)=O)C2CCCCC2)[C@@H](O)[C@@H](C)O1. The van der Waals surface area contributed by atoms with Crippen LogP contribution in [0.4, 0.5) is 0 Å². The normalized spacial score (nSPS) is 24.5. The first-order chi connectivity index (χ1) is 44.7. The second-order valence-corrected chi connectivity index (χ2v) is 26.2. The number of aromatic hydroxyl groups is 2. The van der Waals surface area contributed by atoms with Crippen molar-refractivity contribution in [3.63, 3.8) is 0 Å². The van der Waals surface area contributed by atoms with E-state index in [0.717, 1.165) is 11.3 Å². The molecule has 522 valence electrons. The number of likely N-dealkylation sites (tertiary alicyclic amines) is 1. The number of fused-ring (bicyclic) bond motifs is 3. The van der Waals surface area contributed by atoms with E-state index in [1.807, 2.05) is 0 Å². The Morgan fingerprint density at radius 3 is 1.97 bits per heavy atom. The molecule has 2 saturated heterocycles. The molecular formula is C63H87N9O23. The number of phenols is 2. The maximum atomic E-state index is 14.5. The summed E-state index contributed by atoms with van der Waals surface area (Å²) in [5, 5.41) is 106. The zero-order valence-electron chi connectivity index (χ0n) is 53.9. The molecule has 0 bridgehead atoms. The Morgan fingerprint density at radius 2 is 1.37 bits per heavy atom. The van der Waals surface area contributed by atoms with Crippen molar-refractivity contribution in [2.24, 2.45) is 17.1 Å². The summed E-state index contributed by atoms with van der Waals surface area (Å²) < 4.78 is 17.7. The molecule has 2 aliphatic heterocycles. The van der Waals surface area contributed by atoms with Crippen LogP contribution < -0.4 is 47.7 Å². The molecule has 0 radical (unpaired) electrons. The lowest BCUT2D eigenvalue weighted by molar-refractivity contribution is -0.249. The summed E-state index contributed by atoms with van der Waals surface area (Å²) in [4.78, 5) is 164. The minimum atomic E-state index is -2.51. The first-order valence-corrected chi connectivity index (χ1v) is 31.5. The fourth-order valence-corrected chi connectivity index (χ4v) is 12.9. The number of ether oxygens (including phenoxy) is 3. The highest BCUT2D eigenvalue weighted by Gasteiger charge is 2.51. The number of aliphatic hydroxyl groups is 6. The molecular weight excluding hydrogens is 1250 g/mol. The predicted octanol–water partition coefficient (Wildman–Crippen LogP) is -3.66. The van der Waals surface area contributed by atoms with Gasteiger partial charge in [-0.1, -0.05) is 52.2 Å². The van der Waals surface area contributed by atoms with Gasteiger partial charge in [-0.25, -0.2) is 0 Å². The van der Waals surface area contributed by atoms with Crippen LogP contribution in [0.1, 0.15) is 161 Å². The highest BCUT2D eigenvalue weighted by atomic mass is 16.7. The van der Waals surface area contributed by atoms with Gasteiger partial charge in [0.05, 0.1) is 61.4 Å². The summed E-state index contributed by atoms with van der Waals surface area (Å²) in [5.74, 6) is -13.5. The molecule has 5 aliphatic rings. The second kappa shape index (κ2) is 31.1. The number of Topliss-reactive ketones (excluding diaryl/α,β-unsaturated/α-hetero) is 1. The standard InChI is InChI=1S/C63H87N9O23/c1-27(65-60(90)39-18-31(77)23-72(39)29(3)76)55(85)69-38(25-74)59(89)71-49(30-12-9-8-10-13-30)61(91)66-34(16-17-43(64)79)56(86)70-37(24-73)58(88)68-36(21-62(4,5)6)57(87)67-35-19-44(94-28(2)50(35)80)95-41-22-63(92,42(78)26-75)20-33-46(41)54(84)48-47(52(33)82)51(81)32-14-11-15-40(93-7)45(32)53(48)83/h11,14-15,27-28,30-31,34-39,41,44,49-50,73-75,77,80,82,84,92H,8-10,12-13,16-26H2,1-7H3,(H2,64,79)(H,65,90)(H,66,91)(H,67,87)(H,68,88)(H,69,85)(H,70,86)(H,71,89)/t27-,28+,31-,34-,35+,36?,37-,38-,39-,41?,44+,49?,50-,63-/m0/s1. The van der Waals surface area contributed by atoms with E-state index in [-0.39, 0.29) is 47.4 Å². The maximum Gasteiger partial charge on any atom is 0.245 e. The average Bonchev–Trinajstić information content (AvgIpc) is 1.02. The lowest BCUT2D eigenvalue weighted by Crippen LogP contribution is -2.62. The van der Waals surface area contributed by atoms with E-state index in [1.165, 1.54) is 46.1 Å². The lowest BCUT2D eigenvalue weighted by Gasteiger charge is -2.43. The average molecular weight is 1340 g/mol. The van der Waals surface area contributed by atoms with E-state index >= 15 is 0 Å². The van der Waals surface area contributed by atoms with E-state index in [4.69, 9.17) is 19.9 Å². The van der Waals surface area contributed by atoms with Crippen molar-refractivity contribution in [1.82, 2.24) is 42.1 Å². The van der Waals surface area contributed by atoms with Crippen molar-refractivity contribution < 1.29 is 113 Å². The third-order valence-corrected chi connectivity index (χ3v) is 17.9. The highest BCUT2D eigenvalue weighted by molar-refractivity contribution is 6.31. The Labute approximate surface area is 546 Å². The zero-order valence-corrected chi connectivity index (χ0v) is 53.9. The topological polar surface area (TPSA) is 508 Å². The fourth-order valence-electron chi connectivity index (χ4n) is 12.9. The van der Waals surface area contributed by atoms with Crippen molar-refractivity contribution in [2.75, 3.05) is 33.5 Å². The Balaban J connectivity index is 1.05. The number of ketones is 3. The fraction of sp³-hybridized carbons (Fsp3) is 0.619. The molecule has 7 rings (SSSR count). The van der Waals surface area contributed by atoms with Gasteiger partial charge < -0.3 is 103 Å². The van der Waals surface area contributed by atoms with Crippen LogP contribution in [0, 0.1) is 11.3 Å². The number of hydrogen-bond donors (Lipinski definition) is 16. The van der Waals surface area contributed by atoms with Crippen LogP contribution in [-0.2, 0) is 63.8 Å². The van der Waals surface area contributed by atoms with Crippen molar-refractivity contribution >= 4 is 70.5 Å². The summed E-state index contributed by atoms with van der Waals surface area (Å²) in [6.45, 7) is 5.69. The van der Waals surface area contributed by atoms with Crippen molar-refractivity contribution in [3.05, 3.63) is 51.6 Å². The number of amides is 9. The van der Waals surface area contributed by atoms with Gasteiger partial charge >= 0.3 is 0 Å². The number of phenolic OH excluding ortho intramolecular Hbond substituents is 2. The second-order valence-electron chi connectivity index (χ2n) is 26.2. The molecule has 0 aromatic heterocycles. The van der Waals surface area contributed by atoms with Gasteiger partial charge in [-0.15, -0.1) is 0 Å². The Bertz CT molecular complexity index is 3310. The number of aliphatic hydroxyl groups excluding tert-OH is 5. The highest BCUT2D eigenvalue weighted by Crippen LogP contribution is 2.53. The number of nitrogens with two attached hydrogens (primary N) is 1. The molecule has 0 spiro atoms. The van der Waals surface area contributed by atoms with Gasteiger partial charge in [0.15, 0.2) is 17.9 Å². The molecule has 14 atom stereocenters. The smallest absolute Gasteiger partial charge is 0.245 e. The summed E-state index contributed by atoms with van der Waals surface area (Å²) in [7, 11) is 1.25. The van der Waals surface area contributed by atoms with Gasteiger partial charge in [-0.3, -0.25) is 57.5 Å². The van der Waals surface area contributed by atoms with Gasteiger partial charge in [0.2, 0.25) is 58.9 Å². The minimum Gasteiger partial charge on any atom is -0.507 e. The van der Waals surface area contributed by atoms with Crippen LogP contribution in [0.2, 0.25) is 0 Å². The third kappa shape index (κ3) is 17.1. The first-order valence-electron chi connectivity index (χ1n) is 31.5. The molecule has 2 heterocycles.